The van der Waals surface area contributed by atoms with Crippen molar-refractivity contribution in [2.45, 2.75) is 44.4 Å². The zero-order chi connectivity index (χ0) is 30.6. The first kappa shape index (κ1) is 29.1. The molecule has 2 aromatic carbocycles. The molecule has 1 unspecified atom stereocenters. The lowest BCUT2D eigenvalue weighted by Gasteiger charge is -2.38. The fraction of sp³-hybridized carbons (Fsp3) is 0.344. The Hall–Kier alpha value is -5.00. The van der Waals surface area contributed by atoms with Crippen molar-refractivity contribution < 1.29 is 18.7 Å². The third-order valence-corrected chi connectivity index (χ3v) is 8.19. The topological polar surface area (TPSA) is 115 Å². The number of hydrogen-bond donors (Lipinski definition) is 1. The van der Waals surface area contributed by atoms with Gasteiger partial charge in [0, 0.05) is 44.9 Å². The van der Waals surface area contributed by atoms with Gasteiger partial charge in [0.1, 0.15) is 11.9 Å². The van der Waals surface area contributed by atoms with Crippen LogP contribution < -0.4 is 20.7 Å². The summed E-state index contributed by atoms with van der Waals surface area (Å²) in [5.41, 5.74) is 2.36. The van der Waals surface area contributed by atoms with Gasteiger partial charge in [-0.25, -0.2) is 18.9 Å². The number of para-hydroxylation sites is 2. The zero-order valence-electron chi connectivity index (χ0n) is 24.4. The van der Waals surface area contributed by atoms with Gasteiger partial charge in [0.2, 0.25) is 17.8 Å². The Labute approximate surface area is 253 Å². The van der Waals surface area contributed by atoms with Crippen molar-refractivity contribution in [2.24, 2.45) is 0 Å². The summed E-state index contributed by atoms with van der Waals surface area (Å²) >= 11 is 0. The number of fused-ring (bicyclic) bond motifs is 1. The van der Waals surface area contributed by atoms with Gasteiger partial charge >= 0.3 is 0 Å². The normalized spacial score (nSPS) is 16.7. The first-order valence-electron chi connectivity index (χ1n) is 14.7. The van der Waals surface area contributed by atoms with Crippen LogP contribution in [-0.2, 0) is 16.1 Å². The molecule has 12 heteroatoms. The van der Waals surface area contributed by atoms with Crippen LogP contribution in [0.4, 0.5) is 16.3 Å². The summed E-state index contributed by atoms with van der Waals surface area (Å²) in [6.07, 6.45) is 6.81. The average molecular weight is 600 g/mol. The van der Waals surface area contributed by atoms with Gasteiger partial charge in [-0.15, -0.1) is 0 Å². The smallest absolute Gasteiger partial charge is 0.261 e. The molecule has 4 aromatic rings. The molecule has 0 radical (unpaired) electrons. The number of anilines is 2. The zero-order valence-corrected chi connectivity index (χ0v) is 24.4. The van der Waals surface area contributed by atoms with Crippen molar-refractivity contribution in [2.75, 3.05) is 36.5 Å². The van der Waals surface area contributed by atoms with Crippen molar-refractivity contribution in [3.8, 4) is 0 Å². The molecule has 1 fully saturated rings. The molecule has 0 bridgehead atoms. The van der Waals surface area contributed by atoms with E-state index in [0.29, 0.717) is 26.1 Å². The maximum Gasteiger partial charge on any atom is 0.261 e. The molecule has 0 spiro atoms. The van der Waals surface area contributed by atoms with Crippen LogP contribution in [0.5, 0.6) is 0 Å². The van der Waals surface area contributed by atoms with Gasteiger partial charge in [0.05, 0.1) is 36.8 Å². The van der Waals surface area contributed by atoms with Gasteiger partial charge in [0.25, 0.3) is 11.5 Å². The number of halogens is 1. The Morgan fingerprint density at radius 3 is 2.61 bits per heavy atom. The van der Waals surface area contributed by atoms with Crippen LogP contribution in [0.25, 0.3) is 11.0 Å². The summed E-state index contributed by atoms with van der Waals surface area (Å²) in [5.74, 6) is -0.0711. The summed E-state index contributed by atoms with van der Waals surface area (Å²) in [5, 5.41) is 2.60. The van der Waals surface area contributed by atoms with Crippen molar-refractivity contribution in [3.05, 3.63) is 94.9 Å². The third-order valence-electron chi connectivity index (χ3n) is 8.19. The van der Waals surface area contributed by atoms with Crippen LogP contribution in [0.15, 0.2) is 77.9 Å². The number of nitrogens with zero attached hydrogens (tertiary/aromatic N) is 6. The SMILES string of the molecule is CN(c1nccc(=O)n1C(=O)CNC(=O)CC1CC=CO1)C1CCN(c2nc3ccccc3n2Cc2ccc(F)cc2)CC1. The number of carbonyl (C=O) groups is 2. The van der Waals surface area contributed by atoms with Crippen molar-refractivity contribution >= 4 is 34.7 Å². The molecule has 0 saturated carbocycles. The highest BCUT2D eigenvalue weighted by molar-refractivity contribution is 5.88. The van der Waals surface area contributed by atoms with Gasteiger partial charge in [0.15, 0.2) is 0 Å². The minimum atomic E-state index is -0.560. The standard InChI is InChI=1S/C32H34FN7O4/c1-37(31-34-15-12-29(42)40(31)30(43)20-35-28(41)19-25-5-4-18-44-25)24-13-16-38(17-14-24)32-36-26-6-2-3-7-27(26)39(32)21-22-8-10-23(33)11-9-22/h2-4,6-12,15,18,24-25H,5,13-14,16-17,19-21H2,1H3,(H,35,41). The molecule has 1 amide bonds. The highest BCUT2D eigenvalue weighted by Gasteiger charge is 2.29. The summed E-state index contributed by atoms with van der Waals surface area (Å²) < 4.78 is 22.1. The second-order valence-electron chi connectivity index (χ2n) is 11.1. The molecule has 2 aliphatic rings. The van der Waals surface area contributed by atoms with Crippen LogP contribution in [-0.4, -0.2) is 69.7 Å². The maximum absolute atomic E-state index is 13.5. The van der Waals surface area contributed by atoms with E-state index in [9.17, 15) is 18.8 Å². The third kappa shape index (κ3) is 6.19. The molecular weight excluding hydrogens is 565 g/mol. The summed E-state index contributed by atoms with van der Waals surface area (Å²) in [7, 11) is 1.83. The van der Waals surface area contributed by atoms with E-state index in [0.717, 1.165) is 40.0 Å². The summed E-state index contributed by atoms with van der Waals surface area (Å²) in [4.78, 5) is 51.7. The van der Waals surface area contributed by atoms with E-state index in [1.165, 1.54) is 24.4 Å². The largest absolute Gasteiger partial charge is 0.498 e. The lowest BCUT2D eigenvalue weighted by molar-refractivity contribution is -0.122. The van der Waals surface area contributed by atoms with Crippen molar-refractivity contribution in [1.82, 2.24) is 24.4 Å². The molecule has 11 nitrogen and oxygen atoms in total. The number of piperidine rings is 1. The molecule has 0 aliphatic carbocycles. The quantitative estimate of drug-likeness (QED) is 0.312. The number of benzene rings is 2. The molecule has 1 saturated heterocycles. The van der Waals surface area contributed by atoms with E-state index in [-0.39, 0.29) is 42.8 Å². The summed E-state index contributed by atoms with van der Waals surface area (Å²) in [6.45, 7) is 1.62. The van der Waals surface area contributed by atoms with Crippen LogP contribution in [0.2, 0.25) is 0 Å². The number of ether oxygens (including phenoxy) is 1. The van der Waals surface area contributed by atoms with Gasteiger partial charge in [-0.2, -0.15) is 0 Å². The van der Waals surface area contributed by atoms with Crippen LogP contribution in [0.3, 0.4) is 0 Å². The Morgan fingerprint density at radius 2 is 1.86 bits per heavy atom. The van der Waals surface area contributed by atoms with Crippen LogP contribution in [0.1, 0.15) is 36.0 Å². The lowest BCUT2D eigenvalue weighted by atomic mass is 10.0. The molecule has 2 aromatic heterocycles. The highest BCUT2D eigenvalue weighted by Crippen LogP contribution is 2.28. The second-order valence-corrected chi connectivity index (χ2v) is 11.1. The molecule has 1 N–H and O–H groups in total. The fourth-order valence-corrected chi connectivity index (χ4v) is 5.82. The number of carbonyl (C=O) groups excluding carboxylic acids is 2. The monoisotopic (exact) mass is 599 g/mol. The van der Waals surface area contributed by atoms with E-state index in [2.05, 4.69) is 19.8 Å². The van der Waals surface area contributed by atoms with Crippen LogP contribution >= 0.6 is 0 Å². The van der Waals surface area contributed by atoms with E-state index in [4.69, 9.17) is 9.72 Å². The predicted octanol–water partition coefficient (Wildman–Crippen LogP) is 3.33. The lowest BCUT2D eigenvalue weighted by Crippen LogP contribution is -2.47. The molecule has 228 valence electrons. The van der Waals surface area contributed by atoms with Gasteiger partial charge in [-0.3, -0.25) is 14.4 Å². The predicted molar refractivity (Wildman–Crippen MR) is 164 cm³/mol. The van der Waals surface area contributed by atoms with Crippen molar-refractivity contribution in [1.29, 1.82) is 0 Å². The first-order valence-corrected chi connectivity index (χ1v) is 14.7. The number of amides is 1. The molecule has 1 atom stereocenters. The highest BCUT2D eigenvalue weighted by atomic mass is 19.1. The fourth-order valence-electron chi connectivity index (χ4n) is 5.82. The Balaban J connectivity index is 1.14. The van der Waals surface area contributed by atoms with E-state index >= 15 is 0 Å². The Morgan fingerprint density at radius 1 is 1.09 bits per heavy atom. The Bertz CT molecular complexity index is 1730. The molecule has 6 rings (SSSR count). The number of hydrogen-bond acceptors (Lipinski definition) is 8. The van der Waals surface area contributed by atoms with E-state index in [1.807, 2.05) is 42.3 Å². The molecule has 44 heavy (non-hydrogen) atoms. The van der Waals surface area contributed by atoms with E-state index < -0.39 is 11.5 Å². The minimum Gasteiger partial charge on any atom is -0.498 e. The maximum atomic E-state index is 13.5. The minimum absolute atomic E-state index is 0.0103. The van der Waals surface area contributed by atoms with E-state index in [1.54, 1.807) is 18.4 Å². The van der Waals surface area contributed by atoms with Gasteiger partial charge in [-0.1, -0.05) is 24.3 Å². The number of imidazole rings is 1. The molecule has 4 heterocycles. The molecular formula is C32H34FN7O4. The first-order chi connectivity index (χ1) is 21.4. The average Bonchev–Trinajstić information content (AvgIpc) is 3.68. The Kier molecular flexibility index (Phi) is 8.40. The molecule has 2 aliphatic heterocycles. The van der Waals surface area contributed by atoms with Crippen LogP contribution in [0, 0.1) is 5.82 Å². The number of aromatic nitrogens is 4. The van der Waals surface area contributed by atoms with Gasteiger partial charge < -0.3 is 24.4 Å². The number of rotatable bonds is 9. The second kappa shape index (κ2) is 12.7. The number of nitrogens with one attached hydrogen (secondary N) is 1. The van der Waals surface area contributed by atoms with Crippen molar-refractivity contribution in [3.63, 3.8) is 0 Å². The summed E-state index contributed by atoms with van der Waals surface area (Å²) in [6, 6.07) is 15.7. The van der Waals surface area contributed by atoms with Gasteiger partial charge in [-0.05, 0) is 48.7 Å².